The van der Waals surface area contributed by atoms with Crippen LogP contribution in [0.3, 0.4) is 0 Å². The fourth-order valence-corrected chi connectivity index (χ4v) is 4.58. The van der Waals surface area contributed by atoms with Gasteiger partial charge in [-0.3, -0.25) is 9.59 Å². The van der Waals surface area contributed by atoms with Gasteiger partial charge in [0.2, 0.25) is 5.91 Å². The molecule has 2 heterocycles. The van der Waals surface area contributed by atoms with E-state index >= 15 is 0 Å². The van der Waals surface area contributed by atoms with Crippen molar-refractivity contribution in [1.29, 1.82) is 0 Å². The summed E-state index contributed by atoms with van der Waals surface area (Å²) in [6, 6.07) is 13.3. The van der Waals surface area contributed by atoms with E-state index in [1.54, 1.807) is 4.90 Å². The maximum atomic E-state index is 13.5. The number of aromatic nitrogens is 1. The molecule has 2 aliphatic rings. The lowest BCUT2D eigenvalue weighted by molar-refractivity contribution is -0.126. The van der Waals surface area contributed by atoms with Crippen LogP contribution in [0, 0.1) is 0 Å². The summed E-state index contributed by atoms with van der Waals surface area (Å²) >= 11 is 0. The third-order valence-electron chi connectivity index (χ3n) is 6.28. The average molecular weight is 410 g/mol. The van der Waals surface area contributed by atoms with Crippen molar-refractivity contribution in [3.05, 3.63) is 48.2 Å². The summed E-state index contributed by atoms with van der Waals surface area (Å²) < 4.78 is 5.60. The first-order valence-corrected chi connectivity index (χ1v) is 11.1. The van der Waals surface area contributed by atoms with Gasteiger partial charge in [-0.25, -0.2) is 0 Å². The highest BCUT2D eigenvalue weighted by molar-refractivity contribution is 5.97. The zero-order chi connectivity index (χ0) is 20.9. The monoisotopic (exact) mass is 409 g/mol. The van der Waals surface area contributed by atoms with Crippen LogP contribution in [-0.2, 0) is 9.53 Å². The molecule has 2 amide bonds. The van der Waals surface area contributed by atoms with Crippen LogP contribution in [0.25, 0.3) is 11.3 Å². The number of benzene rings is 1. The molecule has 1 aliphatic carbocycles. The summed E-state index contributed by atoms with van der Waals surface area (Å²) in [6.07, 6.45) is 6.19. The molecule has 1 aliphatic heterocycles. The number of rotatable bonds is 7. The Hall–Kier alpha value is -2.60. The van der Waals surface area contributed by atoms with Crippen molar-refractivity contribution in [3.8, 4) is 11.3 Å². The molecule has 1 aromatic heterocycles. The lowest BCUT2D eigenvalue weighted by atomic mass is 10.1. The van der Waals surface area contributed by atoms with Crippen LogP contribution in [0.5, 0.6) is 0 Å². The molecular formula is C24H31N3O3. The Morgan fingerprint density at radius 2 is 1.87 bits per heavy atom. The molecule has 2 aromatic rings. The van der Waals surface area contributed by atoms with Crippen LogP contribution in [0.2, 0.25) is 0 Å². The van der Waals surface area contributed by atoms with Gasteiger partial charge in [-0.1, -0.05) is 43.2 Å². The molecule has 0 radical (unpaired) electrons. The van der Waals surface area contributed by atoms with Gasteiger partial charge < -0.3 is 19.9 Å². The van der Waals surface area contributed by atoms with E-state index in [1.807, 2.05) is 49.4 Å². The van der Waals surface area contributed by atoms with Crippen molar-refractivity contribution in [1.82, 2.24) is 15.2 Å². The molecule has 0 bridgehead atoms. The SMILES string of the molecule is C[C@@H](C(=O)NC[C@H]1CCCO1)N(C(=O)c1ccc(-c2ccccc2)[nH]1)C1CCCC1. The minimum absolute atomic E-state index is 0.0913. The number of aromatic amines is 1. The molecule has 2 fully saturated rings. The second-order valence-electron chi connectivity index (χ2n) is 8.36. The van der Waals surface area contributed by atoms with Gasteiger partial charge in [0.05, 0.1) is 6.10 Å². The van der Waals surface area contributed by atoms with Crippen LogP contribution < -0.4 is 5.32 Å². The molecule has 1 aromatic carbocycles. The number of hydrogen-bond donors (Lipinski definition) is 2. The lowest BCUT2D eigenvalue weighted by Crippen LogP contribution is -2.52. The molecule has 6 nitrogen and oxygen atoms in total. The summed E-state index contributed by atoms with van der Waals surface area (Å²) in [5.41, 5.74) is 2.46. The topological polar surface area (TPSA) is 74.4 Å². The number of ether oxygens (including phenoxy) is 1. The van der Waals surface area contributed by atoms with E-state index in [0.29, 0.717) is 12.2 Å². The fraction of sp³-hybridized carbons (Fsp3) is 0.500. The highest BCUT2D eigenvalue weighted by atomic mass is 16.5. The Kier molecular flexibility index (Phi) is 6.53. The molecule has 2 N–H and O–H groups in total. The van der Waals surface area contributed by atoms with Gasteiger partial charge in [-0.2, -0.15) is 0 Å². The predicted molar refractivity (Wildman–Crippen MR) is 116 cm³/mol. The number of hydrogen-bond acceptors (Lipinski definition) is 3. The highest BCUT2D eigenvalue weighted by Gasteiger charge is 2.35. The normalized spacial score (nSPS) is 20.2. The van der Waals surface area contributed by atoms with E-state index in [9.17, 15) is 9.59 Å². The number of carbonyl (C=O) groups excluding carboxylic acids is 2. The third-order valence-corrected chi connectivity index (χ3v) is 6.28. The van der Waals surface area contributed by atoms with Gasteiger partial charge in [0.15, 0.2) is 0 Å². The molecule has 1 saturated heterocycles. The summed E-state index contributed by atoms with van der Waals surface area (Å²) in [4.78, 5) is 31.4. The number of H-pyrrole nitrogens is 1. The van der Waals surface area contributed by atoms with Crippen LogP contribution >= 0.6 is 0 Å². The van der Waals surface area contributed by atoms with Crippen molar-refractivity contribution in [3.63, 3.8) is 0 Å². The van der Waals surface area contributed by atoms with Gasteiger partial charge in [0, 0.05) is 24.9 Å². The van der Waals surface area contributed by atoms with E-state index in [2.05, 4.69) is 10.3 Å². The Bertz CT molecular complexity index is 852. The molecule has 0 unspecified atom stereocenters. The fourth-order valence-electron chi connectivity index (χ4n) is 4.58. The second-order valence-corrected chi connectivity index (χ2v) is 8.36. The van der Waals surface area contributed by atoms with Crippen molar-refractivity contribution >= 4 is 11.8 Å². The Labute approximate surface area is 178 Å². The van der Waals surface area contributed by atoms with Gasteiger partial charge in [0.1, 0.15) is 11.7 Å². The van der Waals surface area contributed by atoms with E-state index in [4.69, 9.17) is 4.74 Å². The first kappa shape index (κ1) is 20.7. The number of amides is 2. The lowest BCUT2D eigenvalue weighted by Gasteiger charge is -2.33. The highest BCUT2D eigenvalue weighted by Crippen LogP contribution is 2.28. The summed E-state index contributed by atoms with van der Waals surface area (Å²) in [7, 11) is 0. The number of carbonyl (C=O) groups is 2. The average Bonchev–Trinajstić information content (AvgIpc) is 3.55. The van der Waals surface area contributed by atoms with Gasteiger partial charge in [-0.15, -0.1) is 0 Å². The smallest absolute Gasteiger partial charge is 0.271 e. The second kappa shape index (κ2) is 9.47. The zero-order valence-electron chi connectivity index (χ0n) is 17.6. The standard InChI is InChI=1S/C24H31N3O3/c1-17(23(28)25-16-20-12-7-15-30-20)27(19-10-5-6-11-19)24(29)22-14-13-21(26-22)18-8-3-2-4-9-18/h2-4,8-9,13-14,17,19-20,26H,5-7,10-12,15-16H2,1H3,(H,25,28)/t17-,20+/m0/s1. The number of nitrogens with zero attached hydrogens (tertiary/aromatic N) is 1. The Morgan fingerprint density at radius 1 is 1.10 bits per heavy atom. The van der Waals surface area contributed by atoms with Gasteiger partial charge >= 0.3 is 0 Å². The summed E-state index contributed by atoms with van der Waals surface area (Å²) in [6.45, 7) is 3.11. The van der Waals surface area contributed by atoms with Gasteiger partial charge in [0.25, 0.3) is 5.91 Å². The maximum absolute atomic E-state index is 13.5. The van der Waals surface area contributed by atoms with Crippen molar-refractivity contribution in [2.45, 2.75) is 63.6 Å². The molecular weight excluding hydrogens is 378 g/mol. The van der Waals surface area contributed by atoms with Crippen molar-refractivity contribution in [2.24, 2.45) is 0 Å². The van der Waals surface area contributed by atoms with Crippen LogP contribution in [-0.4, -0.2) is 53.0 Å². The Morgan fingerprint density at radius 3 is 2.57 bits per heavy atom. The quantitative estimate of drug-likeness (QED) is 0.731. The van der Waals surface area contributed by atoms with Crippen LogP contribution in [0.15, 0.2) is 42.5 Å². The van der Waals surface area contributed by atoms with Crippen LogP contribution in [0.4, 0.5) is 0 Å². The summed E-state index contributed by atoms with van der Waals surface area (Å²) in [5, 5.41) is 3.00. The molecule has 4 rings (SSSR count). The molecule has 6 heteroatoms. The molecule has 1 saturated carbocycles. The predicted octanol–water partition coefficient (Wildman–Crippen LogP) is 3.75. The van der Waals surface area contributed by atoms with Gasteiger partial charge in [-0.05, 0) is 50.3 Å². The van der Waals surface area contributed by atoms with E-state index in [-0.39, 0.29) is 24.0 Å². The number of nitrogens with one attached hydrogen (secondary N) is 2. The van der Waals surface area contributed by atoms with Crippen molar-refractivity contribution in [2.75, 3.05) is 13.2 Å². The van der Waals surface area contributed by atoms with Crippen LogP contribution in [0.1, 0.15) is 55.9 Å². The molecule has 160 valence electrons. The minimum Gasteiger partial charge on any atom is -0.376 e. The minimum atomic E-state index is -0.523. The van der Waals surface area contributed by atoms with Crippen molar-refractivity contribution < 1.29 is 14.3 Å². The summed E-state index contributed by atoms with van der Waals surface area (Å²) in [5.74, 6) is -0.218. The first-order valence-electron chi connectivity index (χ1n) is 11.1. The molecule has 0 spiro atoms. The van der Waals surface area contributed by atoms with E-state index in [1.165, 1.54) is 0 Å². The first-order chi connectivity index (χ1) is 14.6. The van der Waals surface area contributed by atoms with E-state index < -0.39 is 6.04 Å². The molecule has 30 heavy (non-hydrogen) atoms. The maximum Gasteiger partial charge on any atom is 0.271 e. The van der Waals surface area contributed by atoms with E-state index in [0.717, 1.165) is 56.4 Å². The Balaban J connectivity index is 1.49. The largest absolute Gasteiger partial charge is 0.376 e. The zero-order valence-corrected chi connectivity index (χ0v) is 17.6. The third kappa shape index (κ3) is 4.59. The molecule has 2 atom stereocenters.